The SMILES string of the molecule is CCN(CC)Cc1onc(-c2cccc(F)c2)c1-c1ccnc(N[C@@H]2CCN(C(=O)c3cnoc3)C2)n1. The van der Waals surface area contributed by atoms with Gasteiger partial charge in [-0.3, -0.25) is 9.69 Å². The zero-order chi connectivity index (χ0) is 25.8. The summed E-state index contributed by atoms with van der Waals surface area (Å²) >= 11 is 0. The maximum atomic E-state index is 14.0. The van der Waals surface area contributed by atoms with Crippen molar-refractivity contribution < 1.29 is 18.2 Å². The summed E-state index contributed by atoms with van der Waals surface area (Å²) in [7, 11) is 0. The number of nitrogens with zero attached hydrogens (tertiary/aromatic N) is 6. The molecule has 11 heteroatoms. The Bertz CT molecular complexity index is 1350. The van der Waals surface area contributed by atoms with E-state index >= 15 is 0 Å². The quantitative estimate of drug-likeness (QED) is 0.359. The number of hydrogen-bond acceptors (Lipinski definition) is 9. The molecule has 3 aromatic heterocycles. The highest BCUT2D eigenvalue weighted by Crippen LogP contribution is 2.35. The van der Waals surface area contributed by atoms with Crippen LogP contribution in [0.2, 0.25) is 0 Å². The van der Waals surface area contributed by atoms with Crippen molar-refractivity contribution in [2.45, 2.75) is 32.9 Å². The van der Waals surface area contributed by atoms with Crippen molar-refractivity contribution >= 4 is 11.9 Å². The van der Waals surface area contributed by atoms with Gasteiger partial charge >= 0.3 is 0 Å². The Morgan fingerprint density at radius 3 is 2.89 bits per heavy atom. The zero-order valence-corrected chi connectivity index (χ0v) is 20.7. The van der Waals surface area contributed by atoms with Crippen molar-refractivity contribution in [1.82, 2.24) is 30.1 Å². The van der Waals surface area contributed by atoms with Crippen LogP contribution in [0, 0.1) is 5.82 Å². The number of benzene rings is 1. The second-order valence-electron chi connectivity index (χ2n) is 8.86. The molecule has 1 saturated heterocycles. The minimum absolute atomic E-state index is 0.0145. The normalized spacial score (nSPS) is 15.5. The Morgan fingerprint density at radius 1 is 1.27 bits per heavy atom. The van der Waals surface area contributed by atoms with E-state index in [0.717, 1.165) is 19.5 Å². The van der Waals surface area contributed by atoms with Gasteiger partial charge in [-0.15, -0.1) is 0 Å². The number of halogens is 1. The fourth-order valence-corrected chi connectivity index (χ4v) is 4.48. The summed E-state index contributed by atoms with van der Waals surface area (Å²) in [5, 5.41) is 11.3. The van der Waals surface area contributed by atoms with Crippen LogP contribution in [-0.4, -0.2) is 68.2 Å². The van der Waals surface area contributed by atoms with Crippen LogP contribution in [0.25, 0.3) is 22.5 Å². The Balaban J connectivity index is 1.41. The van der Waals surface area contributed by atoms with Crippen molar-refractivity contribution in [1.29, 1.82) is 0 Å². The summed E-state index contributed by atoms with van der Waals surface area (Å²) in [6.07, 6.45) is 5.18. The number of hydrogen-bond donors (Lipinski definition) is 1. The average Bonchev–Trinajstić information content (AvgIpc) is 3.68. The molecule has 0 radical (unpaired) electrons. The predicted octanol–water partition coefficient (Wildman–Crippen LogP) is 4.09. The summed E-state index contributed by atoms with van der Waals surface area (Å²) in [5.41, 5.74) is 2.89. The van der Waals surface area contributed by atoms with Crippen molar-refractivity contribution in [3.8, 4) is 22.5 Å². The van der Waals surface area contributed by atoms with E-state index in [0.29, 0.717) is 59.4 Å². The van der Waals surface area contributed by atoms with Gasteiger partial charge in [-0.1, -0.05) is 36.3 Å². The van der Waals surface area contributed by atoms with Gasteiger partial charge in [0.2, 0.25) is 5.95 Å². The number of carbonyl (C=O) groups is 1. The second kappa shape index (κ2) is 10.9. The summed E-state index contributed by atoms with van der Waals surface area (Å²) in [6.45, 7) is 7.50. The van der Waals surface area contributed by atoms with Gasteiger partial charge in [-0.25, -0.2) is 14.4 Å². The van der Waals surface area contributed by atoms with Crippen molar-refractivity contribution in [3.05, 3.63) is 66.1 Å². The first kappa shape index (κ1) is 24.6. The van der Waals surface area contributed by atoms with Crippen LogP contribution >= 0.6 is 0 Å². The van der Waals surface area contributed by atoms with Crippen LogP contribution in [-0.2, 0) is 6.54 Å². The molecule has 1 atom stereocenters. The number of likely N-dealkylation sites (tertiary alicyclic amines) is 1. The predicted molar refractivity (Wildman–Crippen MR) is 134 cm³/mol. The minimum atomic E-state index is -0.353. The summed E-state index contributed by atoms with van der Waals surface area (Å²) in [5.74, 6) is 0.611. The lowest BCUT2D eigenvalue weighted by Crippen LogP contribution is -2.31. The Hall–Kier alpha value is -4.12. The summed E-state index contributed by atoms with van der Waals surface area (Å²) in [4.78, 5) is 25.7. The lowest BCUT2D eigenvalue weighted by atomic mass is 10.0. The Morgan fingerprint density at radius 2 is 2.14 bits per heavy atom. The van der Waals surface area contributed by atoms with Crippen LogP contribution in [0.4, 0.5) is 10.3 Å². The zero-order valence-electron chi connectivity index (χ0n) is 20.7. The fourth-order valence-electron chi connectivity index (χ4n) is 4.48. The first-order chi connectivity index (χ1) is 18.1. The third-order valence-corrected chi connectivity index (χ3v) is 6.52. The first-order valence-corrected chi connectivity index (χ1v) is 12.3. The van der Waals surface area contributed by atoms with E-state index in [4.69, 9.17) is 14.0 Å². The number of anilines is 1. The molecule has 4 aromatic rings. The molecule has 0 saturated carbocycles. The highest BCUT2D eigenvalue weighted by atomic mass is 19.1. The number of aromatic nitrogens is 4. The van der Waals surface area contributed by atoms with E-state index in [9.17, 15) is 9.18 Å². The molecule has 1 N–H and O–H groups in total. The fraction of sp³-hybridized carbons (Fsp3) is 0.346. The first-order valence-electron chi connectivity index (χ1n) is 12.3. The number of carbonyl (C=O) groups excluding carboxylic acids is 1. The van der Waals surface area contributed by atoms with Gasteiger partial charge in [0.1, 0.15) is 17.8 Å². The summed E-state index contributed by atoms with van der Waals surface area (Å²) in [6, 6.07) is 8.05. The lowest BCUT2D eigenvalue weighted by Gasteiger charge is -2.17. The third-order valence-electron chi connectivity index (χ3n) is 6.52. The summed E-state index contributed by atoms with van der Waals surface area (Å²) < 4.78 is 24.6. The molecule has 0 aliphatic carbocycles. The van der Waals surface area contributed by atoms with E-state index in [2.05, 4.69) is 39.4 Å². The van der Waals surface area contributed by atoms with Gasteiger partial charge < -0.3 is 19.3 Å². The molecule has 1 aliphatic heterocycles. The monoisotopic (exact) mass is 505 g/mol. The molecule has 4 heterocycles. The molecule has 0 spiro atoms. The van der Waals surface area contributed by atoms with Gasteiger partial charge in [0.15, 0.2) is 5.76 Å². The van der Waals surface area contributed by atoms with E-state index in [1.54, 1.807) is 29.3 Å². The minimum Gasteiger partial charge on any atom is -0.364 e. The molecule has 5 rings (SSSR count). The maximum absolute atomic E-state index is 14.0. The average molecular weight is 506 g/mol. The molecule has 0 bridgehead atoms. The molecule has 37 heavy (non-hydrogen) atoms. The smallest absolute Gasteiger partial charge is 0.258 e. The number of nitrogens with one attached hydrogen (secondary N) is 1. The van der Waals surface area contributed by atoms with Crippen LogP contribution in [0.3, 0.4) is 0 Å². The van der Waals surface area contributed by atoms with Crippen LogP contribution in [0.5, 0.6) is 0 Å². The Labute approximate surface area is 213 Å². The molecule has 1 amide bonds. The lowest BCUT2D eigenvalue weighted by molar-refractivity contribution is 0.0791. The van der Waals surface area contributed by atoms with Crippen molar-refractivity contribution in [2.75, 3.05) is 31.5 Å². The Kier molecular flexibility index (Phi) is 7.22. The number of rotatable bonds is 9. The maximum Gasteiger partial charge on any atom is 0.258 e. The molecular formula is C26H28FN7O3. The van der Waals surface area contributed by atoms with Crippen LogP contribution < -0.4 is 5.32 Å². The van der Waals surface area contributed by atoms with Crippen molar-refractivity contribution in [3.63, 3.8) is 0 Å². The van der Waals surface area contributed by atoms with E-state index < -0.39 is 0 Å². The molecule has 1 aliphatic rings. The van der Waals surface area contributed by atoms with Crippen molar-refractivity contribution in [2.24, 2.45) is 0 Å². The van der Waals surface area contributed by atoms with Gasteiger partial charge in [-0.2, -0.15) is 0 Å². The van der Waals surface area contributed by atoms with E-state index in [1.807, 2.05) is 0 Å². The second-order valence-corrected chi connectivity index (χ2v) is 8.86. The van der Waals surface area contributed by atoms with Crippen LogP contribution in [0.1, 0.15) is 36.4 Å². The molecular weight excluding hydrogens is 477 g/mol. The van der Waals surface area contributed by atoms with E-state index in [1.165, 1.54) is 24.6 Å². The number of amides is 1. The molecule has 192 valence electrons. The molecule has 0 unspecified atom stereocenters. The molecule has 10 nitrogen and oxygen atoms in total. The van der Waals surface area contributed by atoms with E-state index in [-0.39, 0.29) is 17.8 Å². The van der Waals surface area contributed by atoms with Gasteiger partial charge in [0, 0.05) is 30.9 Å². The van der Waals surface area contributed by atoms with Gasteiger partial charge in [0.25, 0.3) is 5.91 Å². The topological polar surface area (TPSA) is 113 Å². The van der Waals surface area contributed by atoms with Gasteiger partial charge in [0.05, 0.1) is 29.6 Å². The highest BCUT2D eigenvalue weighted by molar-refractivity contribution is 5.93. The standard InChI is InChI=1S/C26H28FN7O3/c1-3-33(4-2)15-22-23(24(32-37-22)17-6-5-7-19(27)12-17)21-8-10-28-26(31-21)30-20-9-11-34(14-20)25(35)18-13-29-36-16-18/h5-8,10,12-13,16,20H,3-4,9,11,14-15H2,1-2H3,(H,28,30,31)/t20-/m1/s1. The molecule has 1 fully saturated rings. The third kappa shape index (κ3) is 5.36. The highest BCUT2D eigenvalue weighted by Gasteiger charge is 2.29. The molecule has 1 aromatic carbocycles. The van der Waals surface area contributed by atoms with Gasteiger partial charge in [-0.05, 0) is 37.7 Å². The van der Waals surface area contributed by atoms with Crippen LogP contribution in [0.15, 0.2) is 58.0 Å². The largest absolute Gasteiger partial charge is 0.364 e.